The number of halogens is 1. The summed E-state index contributed by atoms with van der Waals surface area (Å²) in [6.07, 6.45) is 0. The number of carbonyl (C=O) groups excluding carboxylic acids is 1. The second kappa shape index (κ2) is 8.30. The molecule has 0 radical (unpaired) electrons. The molecule has 0 spiro atoms. The second-order valence-electron chi connectivity index (χ2n) is 4.75. The van der Waals surface area contributed by atoms with E-state index >= 15 is 0 Å². The fourth-order valence-corrected chi connectivity index (χ4v) is 2.38. The molecule has 3 N–H and O–H groups in total. The number of nitrogens with one attached hydrogen (secondary N) is 1. The SMILES string of the molecule is CC(C)(N)C(=O)NCCS(=O)Cc1ccccc1.Cl. The Morgan fingerprint density at radius 3 is 2.42 bits per heavy atom. The first-order valence-corrected chi connectivity index (χ1v) is 7.34. The number of nitrogens with two attached hydrogens (primary N) is 1. The van der Waals surface area contributed by atoms with E-state index in [-0.39, 0.29) is 18.3 Å². The fraction of sp³-hybridized carbons (Fsp3) is 0.462. The minimum absolute atomic E-state index is 0. The summed E-state index contributed by atoms with van der Waals surface area (Å²) in [5.74, 6) is 0.735. The predicted octanol–water partition coefficient (Wildman–Crippen LogP) is 1.21. The van der Waals surface area contributed by atoms with Crippen molar-refractivity contribution in [2.24, 2.45) is 5.73 Å². The van der Waals surface area contributed by atoms with Crippen LogP contribution in [0.1, 0.15) is 19.4 Å². The van der Waals surface area contributed by atoms with Gasteiger partial charge < -0.3 is 11.1 Å². The first kappa shape index (κ1) is 18.1. The Morgan fingerprint density at radius 1 is 1.32 bits per heavy atom. The molecule has 0 bridgehead atoms. The maximum absolute atomic E-state index is 11.8. The molecule has 19 heavy (non-hydrogen) atoms. The van der Waals surface area contributed by atoms with E-state index in [1.54, 1.807) is 13.8 Å². The third-order valence-corrected chi connectivity index (χ3v) is 3.69. The van der Waals surface area contributed by atoms with Gasteiger partial charge in [-0.1, -0.05) is 30.3 Å². The maximum Gasteiger partial charge on any atom is 0.239 e. The average molecular weight is 305 g/mol. The van der Waals surface area contributed by atoms with Gasteiger partial charge in [0, 0.05) is 28.9 Å². The molecule has 1 atom stereocenters. The van der Waals surface area contributed by atoms with Crippen LogP contribution in [-0.2, 0) is 21.3 Å². The summed E-state index contributed by atoms with van der Waals surface area (Å²) >= 11 is 0. The van der Waals surface area contributed by atoms with Gasteiger partial charge in [0.05, 0.1) is 5.54 Å². The van der Waals surface area contributed by atoms with Crippen LogP contribution in [-0.4, -0.2) is 28.0 Å². The zero-order chi connectivity index (χ0) is 13.6. The lowest BCUT2D eigenvalue weighted by Crippen LogP contribution is -2.49. The smallest absolute Gasteiger partial charge is 0.239 e. The van der Waals surface area contributed by atoms with Crippen molar-refractivity contribution >= 4 is 29.1 Å². The van der Waals surface area contributed by atoms with Crippen LogP contribution in [0.25, 0.3) is 0 Å². The molecule has 0 aromatic heterocycles. The molecule has 0 saturated heterocycles. The van der Waals surface area contributed by atoms with E-state index in [0.717, 1.165) is 5.56 Å². The predicted molar refractivity (Wildman–Crippen MR) is 81.7 cm³/mol. The molecule has 1 aromatic rings. The van der Waals surface area contributed by atoms with Crippen LogP contribution in [0.15, 0.2) is 30.3 Å². The van der Waals surface area contributed by atoms with Gasteiger partial charge in [-0.15, -0.1) is 12.4 Å². The van der Waals surface area contributed by atoms with Crippen molar-refractivity contribution in [2.75, 3.05) is 12.3 Å². The van der Waals surface area contributed by atoms with Crippen molar-refractivity contribution in [3.63, 3.8) is 0 Å². The Balaban J connectivity index is 0.00000324. The van der Waals surface area contributed by atoms with Gasteiger partial charge >= 0.3 is 0 Å². The molecule has 0 aliphatic rings. The summed E-state index contributed by atoms with van der Waals surface area (Å²) < 4.78 is 11.8. The third-order valence-electron chi connectivity index (χ3n) is 2.37. The van der Waals surface area contributed by atoms with Crippen molar-refractivity contribution in [1.29, 1.82) is 0 Å². The van der Waals surface area contributed by atoms with Crippen LogP contribution in [0.3, 0.4) is 0 Å². The summed E-state index contributed by atoms with van der Waals surface area (Å²) in [5.41, 5.74) is 5.79. The topological polar surface area (TPSA) is 72.2 Å². The molecular weight excluding hydrogens is 284 g/mol. The van der Waals surface area contributed by atoms with Crippen molar-refractivity contribution in [3.05, 3.63) is 35.9 Å². The van der Waals surface area contributed by atoms with E-state index < -0.39 is 16.3 Å². The summed E-state index contributed by atoms with van der Waals surface area (Å²) in [6, 6.07) is 9.66. The molecule has 0 fully saturated rings. The summed E-state index contributed by atoms with van der Waals surface area (Å²) in [6.45, 7) is 3.67. The zero-order valence-corrected chi connectivity index (χ0v) is 12.9. The molecule has 1 amide bonds. The van der Waals surface area contributed by atoms with Gasteiger partial charge in [-0.05, 0) is 19.4 Å². The lowest BCUT2D eigenvalue weighted by molar-refractivity contribution is -0.125. The van der Waals surface area contributed by atoms with E-state index in [9.17, 15) is 9.00 Å². The van der Waals surface area contributed by atoms with Crippen LogP contribution in [0.5, 0.6) is 0 Å². The maximum atomic E-state index is 11.8. The highest BCUT2D eigenvalue weighted by atomic mass is 35.5. The first-order chi connectivity index (χ1) is 8.39. The number of benzene rings is 1. The number of amides is 1. The average Bonchev–Trinajstić information content (AvgIpc) is 2.28. The summed E-state index contributed by atoms with van der Waals surface area (Å²) in [5, 5.41) is 2.68. The molecule has 0 aliphatic carbocycles. The van der Waals surface area contributed by atoms with Crippen LogP contribution in [0.4, 0.5) is 0 Å². The van der Waals surface area contributed by atoms with E-state index in [0.29, 0.717) is 18.1 Å². The molecule has 0 saturated carbocycles. The van der Waals surface area contributed by atoms with Crippen LogP contribution >= 0.6 is 12.4 Å². The van der Waals surface area contributed by atoms with Gasteiger partial charge in [0.15, 0.2) is 0 Å². The van der Waals surface area contributed by atoms with Gasteiger partial charge in [0.1, 0.15) is 0 Å². The molecular formula is C13H21ClN2O2S. The minimum Gasteiger partial charge on any atom is -0.354 e. The summed E-state index contributed by atoms with van der Waals surface area (Å²) in [7, 11) is -0.970. The van der Waals surface area contributed by atoms with Crippen molar-refractivity contribution in [3.8, 4) is 0 Å². The highest BCUT2D eigenvalue weighted by Gasteiger charge is 2.21. The van der Waals surface area contributed by atoms with Crippen molar-refractivity contribution in [2.45, 2.75) is 25.1 Å². The van der Waals surface area contributed by atoms with Crippen LogP contribution in [0.2, 0.25) is 0 Å². The van der Waals surface area contributed by atoms with Crippen molar-refractivity contribution < 1.29 is 9.00 Å². The Hall–Kier alpha value is -0.910. The lowest BCUT2D eigenvalue weighted by atomic mass is 10.1. The Kier molecular flexibility index (Phi) is 7.90. The van der Waals surface area contributed by atoms with E-state index in [1.165, 1.54) is 0 Å². The van der Waals surface area contributed by atoms with Gasteiger partial charge in [0.25, 0.3) is 0 Å². The van der Waals surface area contributed by atoms with Crippen LogP contribution < -0.4 is 11.1 Å². The van der Waals surface area contributed by atoms with Crippen molar-refractivity contribution in [1.82, 2.24) is 5.32 Å². The number of rotatable bonds is 6. The zero-order valence-electron chi connectivity index (χ0n) is 11.2. The quantitative estimate of drug-likeness (QED) is 0.830. The normalized spacial score (nSPS) is 12.4. The largest absolute Gasteiger partial charge is 0.354 e. The standard InChI is InChI=1S/C13H20N2O2S.ClH/c1-13(2,14)12(16)15-8-9-18(17)10-11-6-4-3-5-7-11;/h3-7H,8-10,14H2,1-2H3,(H,15,16);1H. The van der Waals surface area contributed by atoms with Gasteiger partial charge in [-0.2, -0.15) is 0 Å². The molecule has 0 heterocycles. The molecule has 6 heteroatoms. The fourth-order valence-electron chi connectivity index (χ4n) is 1.34. The van der Waals surface area contributed by atoms with Gasteiger partial charge in [-0.3, -0.25) is 9.00 Å². The number of hydrogen-bond donors (Lipinski definition) is 2. The lowest BCUT2D eigenvalue weighted by Gasteiger charge is -2.17. The van der Waals surface area contributed by atoms with Gasteiger partial charge in [-0.25, -0.2) is 0 Å². The molecule has 1 rings (SSSR count). The van der Waals surface area contributed by atoms with Crippen LogP contribution in [0, 0.1) is 0 Å². The highest BCUT2D eigenvalue weighted by molar-refractivity contribution is 7.84. The van der Waals surface area contributed by atoms with E-state index in [4.69, 9.17) is 5.73 Å². The first-order valence-electron chi connectivity index (χ1n) is 5.85. The molecule has 0 aliphatic heterocycles. The Bertz CT molecular complexity index is 418. The molecule has 108 valence electrons. The highest BCUT2D eigenvalue weighted by Crippen LogP contribution is 2.02. The minimum atomic E-state index is -0.970. The van der Waals surface area contributed by atoms with E-state index in [1.807, 2.05) is 30.3 Å². The second-order valence-corrected chi connectivity index (χ2v) is 6.33. The molecule has 1 aromatic carbocycles. The van der Waals surface area contributed by atoms with E-state index in [2.05, 4.69) is 5.32 Å². The molecule has 4 nitrogen and oxygen atoms in total. The Labute approximate surface area is 123 Å². The Morgan fingerprint density at radius 2 is 1.89 bits per heavy atom. The number of hydrogen-bond acceptors (Lipinski definition) is 3. The van der Waals surface area contributed by atoms with Gasteiger partial charge in [0.2, 0.25) is 5.91 Å². The third kappa shape index (κ3) is 7.30. The number of carbonyl (C=O) groups is 1. The molecule has 1 unspecified atom stereocenters. The monoisotopic (exact) mass is 304 g/mol. The summed E-state index contributed by atoms with van der Waals surface area (Å²) in [4.78, 5) is 11.5.